The summed E-state index contributed by atoms with van der Waals surface area (Å²) in [5.41, 5.74) is 0. The van der Waals surface area contributed by atoms with Crippen molar-refractivity contribution in [3.63, 3.8) is 0 Å². The standard InChI is InChI=1S/C12H26O2.C11H24O2/c1-3-5-9-13-11-7-8-12-14-10-6-4-2;1-9(2)6-12-8-11(5)13-7-10(3)4/h3-12H2,1-2H3;9-11H,6-8H2,1-5H3. The SMILES string of the molecule is CC(C)COCC(C)OCC(C)C.CCCCOCCCCOCCCC. The molecule has 0 heterocycles. The van der Waals surface area contributed by atoms with Crippen LogP contribution in [0.3, 0.4) is 0 Å². The van der Waals surface area contributed by atoms with Gasteiger partial charge in [0.1, 0.15) is 0 Å². The van der Waals surface area contributed by atoms with Crippen LogP contribution < -0.4 is 0 Å². The lowest BCUT2D eigenvalue weighted by molar-refractivity contribution is -0.0215. The zero-order valence-corrected chi connectivity index (χ0v) is 19.6. The largest absolute Gasteiger partial charge is 0.381 e. The van der Waals surface area contributed by atoms with E-state index in [1.54, 1.807) is 0 Å². The summed E-state index contributed by atoms with van der Waals surface area (Å²) in [7, 11) is 0. The van der Waals surface area contributed by atoms with Crippen molar-refractivity contribution in [1.82, 2.24) is 0 Å². The van der Waals surface area contributed by atoms with Gasteiger partial charge >= 0.3 is 0 Å². The van der Waals surface area contributed by atoms with Gasteiger partial charge in [-0.1, -0.05) is 54.4 Å². The van der Waals surface area contributed by atoms with E-state index < -0.39 is 0 Å². The summed E-state index contributed by atoms with van der Waals surface area (Å²) in [6.07, 6.45) is 7.31. The summed E-state index contributed by atoms with van der Waals surface area (Å²) in [4.78, 5) is 0. The number of hydrogen-bond donors (Lipinski definition) is 0. The molecule has 1 atom stereocenters. The van der Waals surface area contributed by atoms with E-state index in [9.17, 15) is 0 Å². The van der Waals surface area contributed by atoms with Gasteiger partial charge in [0.25, 0.3) is 0 Å². The molecule has 0 fully saturated rings. The van der Waals surface area contributed by atoms with E-state index in [1.807, 2.05) is 0 Å². The first-order valence-corrected chi connectivity index (χ1v) is 11.3. The molecule has 0 amide bonds. The molecule has 0 radical (unpaired) electrons. The minimum Gasteiger partial charge on any atom is -0.381 e. The summed E-state index contributed by atoms with van der Waals surface area (Å²) in [5, 5.41) is 0. The van der Waals surface area contributed by atoms with Gasteiger partial charge in [-0.2, -0.15) is 0 Å². The van der Waals surface area contributed by atoms with Gasteiger partial charge in [0.15, 0.2) is 0 Å². The van der Waals surface area contributed by atoms with E-state index in [0.29, 0.717) is 18.4 Å². The Morgan fingerprint density at radius 3 is 1.37 bits per heavy atom. The van der Waals surface area contributed by atoms with Crippen molar-refractivity contribution in [3.8, 4) is 0 Å². The van der Waals surface area contributed by atoms with Crippen LogP contribution in [0.5, 0.6) is 0 Å². The van der Waals surface area contributed by atoms with Crippen LogP contribution in [0, 0.1) is 11.8 Å². The Bertz CT molecular complexity index is 245. The maximum Gasteiger partial charge on any atom is 0.0780 e. The van der Waals surface area contributed by atoms with Crippen molar-refractivity contribution in [2.45, 2.75) is 93.1 Å². The molecule has 0 saturated carbocycles. The molecule has 0 saturated heterocycles. The quantitative estimate of drug-likeness (QED) is 0.264. The van der Waals surface area contributed by atoms with E-state index in [4.69, 9.17) is 18.9 Å². The highest BCUT2D eigenvalue weighted by Crippen LogP contribution is 2.00. The molecule has 1 unspecified atom stereocenters. The third kappa shape index (κ3) is 30.8. The number of unbranched alkanes of at least 4 members (excludes halogenated alkanes) is 3. The van der Waals surface area contributed by atoms with Crippen LogP contribution in [0.1, 0.15) is 87.0 Å². The molecule has 0 aliphatic heterocycles. The van der Waals surface area contributed by atoms with Crippen molar-refractivity contribution < 1.29 is 18.9 Å². The van der Waals surface area contributed by atoms with Gasteiger partial charge in [0.05, 0.1) is 12.7 Å². The summed E-state index contributed by atoms with van der Waals surface area (Å²) < 4.78 is 21.9. The van der Waals surface area contributed by atoms with Crippen LogP contribution in [-0.4, -0.2) is 52.4 Å². The second-order valence-electron chi connectivity index (χ2n) is 8.11. The molecular formula is C23H50O4. The molecule has 0 aromatic carbocycles. The maximum atomic E-state index is 5.56. The highest BCUT2D eigenvalue weighted by Gasteiger charge is 2.04. The normalized spacial score (nSPS) is 12.3. The van der Waals surface area contributed by atoms with Gasteiger partial charge in [-0.25, -0.2) is 0 Å². The molecule has 0 aromatic rings. The van der Waals surface area contributed by atoms with Crippen molar-refractivity contribution in [3.05, 3.63) is 0 Å². The molecule has 0 N–H and O–H groups in total. The van der Waals surface area contributed by atoms with Crippen molar-refractivity contribution in [2.75, 3.05) is 46.2 Å². The van der Waals surface area contributed by atoms with Gasteiger partial charge in [0.2, 0.25) is 0 Å². The number of ether oxygens (including phenoxy) is 4. The first kappa shape index (κ1) is 29.0. The highest BCUT2D eigenvalue weighted by atomic mass is 16.5. The van der Waals surface area contributed by atoms with Crippen molar-refractivity contribution in [2.24, 2.45) is 11.8 Å². The Kier molecular flexibility index (Phi) is 25.7. The van der Waals surface area contributed by atoms with E-state index in [0.717, 1.165) is 52.5 Å². The number of rotatable bonds is 18. The summed E-state index contributed by atoms with van der Waals surface area (Å²) in [5.74, 6) is 1.21. The molecular weight excluding hydrogens is 340 g/mol. The fourth-order valence-electron chi connectivity index (χ4n) is 1.98. The molecule has 0 spiro atoms. The third-order valence-corrected chi connectivity index (χ3v) is 3.63. The first-order valence-electron chi connectivity index (χ1n) is 11.3. The zero-order valence-electron chi connectivity index (χ0n) is 19.6. The van der Waals surface area contributed by atoms with Crippen LogP contribution in [0.4, 0.5) is 0 Å². The highest BCUT2D eigenvalue weighted by molar-refractivity contribution is 4.50. The van der Waals surface area contributed by atoms with Gasteiger partial charge in [0, 0.05) is 39.6 Å². The third-order valence-electron chi connectivity index (χ3n) is 3.63. The lowest BCUT2D eigenvalue weighted by Gasteiger charge is -2.15. The van der Waals surface area contributed by atoms with Crippen LogP contribution in [0.25, 0.3) is 0 Å². The maximum absolute atomic E-state index is 5.56. The fourth-order valence-corrected chi connectivity index (χ4v) is 1.98. The van der Waals surface area contributed by atoms with Crippen LogP contribution in [-0.2, 0) is 18.9 Å². The molecule has 27 heavy (non-hydrogen) atoms. The lowest BCUT2D eigenvalue weighted by Crippen LogP contribution is -2.19. The summed E-state index contributed by atoms with van der Waals surface area (Å²) in [6, 6.07) is 0. The molecule has 4 nitrogen and oxygen atoms in total. The summed E-state index contributed by atoms with van der Waals surface area (Å²) in [6.45, 7) is 21.1. The van der Waals surface area contributed by atoms with Gasteiger partial charge in [-0.05, 0) is 44.4 Å². The Morgan fingerprint density at radius 2 is 0.963 bits per heavy atom. The second kappa shape index (κ2) is 23.9. The Morgan fingerprint density at radius 1 is 0.519 bits per heavy atom. The lowest BCUT2D eigenvalue weighted by atomic mass is 10.2. The minimum absolute atomic E-state index is 0.223. The van der Waals surface area contributed by atoms with Crippen LogP contribution in [0.2, 0.25) is 0 Å². The molecule has 0 aliphatic rings. The monoisotopic (exact) mass is 390 g/mol. The fraction of sp³-hybridized carbons (Fsp3) is 1.00. The molecule has 0 aliphatic carbocycles. The van der Waals surface area contributed by atoms with E-state index in [2.05, 4.69) is 48.5 Å². The first-order chi connectivity index (χ1) is 12.9. The van der Waals surface area contributed by atoms with E-state index >= 15 is 0 Å². The summed E-state index contributed by atoms with van der Waals surface area (Å²) >= 11 is 0. The van der Waals surface area contributed by atoms with Gasteiger partial charge in [-0.3, -0.25) is 0 Å². The Hall–Kier alpha value is -0.160. The zero-order chi connectivity index (χ0) is 20.8. The van der Waals surface area contributed by atoms with Gasteiger partial charge in [-0.15, -0.1) is 0 Å². The van der Waals surface area contributed by atoms with Crippen LogP contribution >= 0.6 is 0 Å². The van der Waals surface area contributed by atoms with Crippen molar-refractivity contribution >= 4 is 0 Å². The van der Waals surface area contributed by atoms with Crippen LogP contribution in [0.15, 0.2) is 0 Å². The average Bonchev–Trinajstić information content (AvgIpc) is 2.62. The topological polar surface area (TPSA) is 36.9 Å². The van der Waals surface area contributed by atoms with E-state index in [1.165, 1.54) is 25.7 Å². The molecule has 166 valence electrons. The molecule has 0 rings (SSSR count). The second-order valence-corrected chi connectivity index (χ2v) is 8.11. The Labute approximate surface area is 170 Å². The Balaban J connectivity index is 0. The predicted octanol–water partition coefficient (Wildman–Crippen LogP) is 6.12. The number of hydrogen-bond acceptors (Lipinski definition) is 4. The molecule has 4 heteroatoms. The average molecular weight is 391 g/mol. The minimum atomic E-state index is 0.223. The van der Waals surface area contributed by atoms with E-state index in [-0.39, 0.29) is 6.10 Å². The molecule has 0 bridgehead atoms. The molecule has 0 aromatic heterocycles. The van der Waals surface area contributed by atoms with Crippen molar-refractivity contribution in [1.29, 1.82) is 0 Å². The van der Waals surface area contributed by atoms with Gasteiger partial charge < -0.3 is 18.9 Å². The predicted molar refractivity (Wildman–Crippen MR) is 117 cm³/mol. The smallest absolute Gasteiger partial charge is 0.0780 e.